The number of benzene rings is 1. The van der Waals surface area contributed by atoms with Crippen LogP contribution in [-0.2, 0) is 16.1 Å². The summed E-state index contributed by atoms with van der Waals surface area (Å²) in [6.07, 6.45) is 0. The van der Waals surface area contributed by atoms with Gasteiger partial charge in [-0.05, 0) is 29.1 Å². The van der Waals surface area contributed by atoms with Crippen LogP contribution in [0.2, 0.25) is 0 Å². The van der Waals surface area contributed by atoms with Gasteiger partial charge in [-0.2, -0.15) is 11.3 Å². The molecule has 2 heterocycles. The zero-order valence-corrected chi connectivity index (χ0v) is 15.5. The zero-order valence-electron chi connectivity index (χ0n) is 13.8. The molecule has 8 heteroatoms. The van der Waals surface area contributed by atoms with E-state index in [1.54, 1.807) is 35.9 Å². The molecular weight excluding hydrogens is 375 g/mol. The van der Waals surface area contributed by atoms with Crippen molar-refractivity contribution in [2.24, 2.45) is 0 Å². The third-order valence-corrected chi connectivity index (χ3v) is 5.12. The first-order valence-corrected chi connectivity index (χ1v) is 9.49. The van der Waals surface area contributed by atoms with Crippen LogP contribution in [0.3, 0.4) is 0 Å². The average molecular weight is 390 g/mol. The number of thiophene rings is 1. The molecule has 0 aliphatic carbocycles. The van der Waals surface area contributed by atoms with Crippen molar-refractivity contribution in [3.05, 3.63) is 63.5 Å². The van der Waals surface area contributed by atoms with E-state index in [9.17, 15) is 14.0 Å². The van der Waals surface area contributed by atoms with Gasteiger partial charge in [0.25, 0.3) is 5.91 Å². The lowest BCUT2D eigenvalue weighted by atomic mass is 10.2. The predicted molar refractivity (Wildman–Crippen MR) is 98.6 cm³/mol. The summed E-state index contributed by atoms with van der Waals surface area (Å²) in [4.78, 5) is 29.8. The lowest BCUT2D eigenvalue weighted by Gasteiger charge is -2.17. The van der Waals surface area contributed by atoms with Crippen LogP contribution < -0.4 is 0 Å². The summed E-state index contributed by atoms with van der Waals surface area (Å²) in [7, 11) is 1.57. The van der Waals surface area contributed by atoms with Crippen LogP contribution in [-0.4, -0.2) is 35.4 Å². The summed E-state index contributed by atoms with van der Waals surface area (Å²) in [5.41, 5.74) is 1.79. The Balaban J connectivity index is 1.53. The van der Waals surface area contributed by atoms with E-state index in [0.717, 1.165) is 10.6 Å². The molecule has 0 unspecified atom stereocenters. The molecule has 1 aromatic carbocycles. The van der Waals surface area contributed by atoms with E-state index in [2.05, 4.69) is 4.98 Å². The van der Waals surface area contributed by atoms with Gasteiger partial charge in [0.05, 0.1) is 0 Å². The summed E-state index contributed by atoms with van der Waals surface area (Å²) >= 11 is 2.89. The highest BCUT2D eigenvalue weighted by atomic mass is 32.1. The second-order valence-electron chi connectivity index (χ2n) is 5.51. The van der Waals surface area contributed by atoms with Crippen LogP contribution in [0, 0.1) is 5.82 Å². The molecule has 0 radical (unpaired) electrons. The maximum atomic E-state index is 13.2. The van der Waals surface area contributed by atoms with Gasteiger partial charge in [-0.25, -0.2) is 14.2 Å². The predicted octanol–water partition coefficient (Wildman–Crippen LogP) is 3.83. The smallest absolute Gasteiger partial charge is 0.358 e. The van der Waals surface area contributed by atoms with Crippen LogP contribution in [0.1, 0.15) is 16.1 Å². The van der Waals surface area contributed by atoms with Crippen LogP contribution in [0.5, 0.6) is 0 Å². The number of nitrogens with zero attached hydrogens (tertiary/aromatic N) is 2. The molecule has 5 nitrogen and oxygen atoms in total. The molecule has 0 atom stereocenters. The first-order chi connectivity index (χ1) is 12.5. The normalized spacial score (nSPS) is 10.5. The van der Waals surface area contributed by atoms with Gasteiger partial charge < -0.3 is 9.64 Å². The molecule has 0 aliphatic rings. The van der Waals surface area contributed by atoms with Gasteiger partial charge >= 0.3 is 5.97 Å². The van der Waals surface area contributed by atoms with Gasteiger partial charge in [0.2, 0.25) is 0 Å². The van der Waals surface area contributed by atoms with E-state index in [0.29, 0.717) is 5.56 Å². The number of thiazole rings is 1. The van der Waals surface area contributed by atoms with Gasteiger partial charge in [-0.1, -0.05) is 12.1 Å². The van der Waals surface area contributed by atoms with Gasteiger partial charge in [-0.15, -0.1) is 11.3 Å². The lowest BCUT2D eigenvalue weighted by Crippen LogP contribution is -2.30. The number of carbonyl (C=O) groups excluding carboxylic acids is 2. The Bertz CT molecular complexity index is 909. The maximum Gasteiger partial charge on any atom is 0.358 e. The number of likely N-dealkylation sites (N-methyl/N-ethyl adjacent to an activating group) is 1. The SMILES string of the molecule is CN(Cc1cccc(F)c1)C(=O)COC(=O)c1csc(-c2ccsc2)n1. The number of rotatable bonds is 6. The van der Waals surface area contributed by atoms with Crippen molar-refractivity contribution in [3.63, 3.8) is 0 Å². The Kier molecular flexibility index (Phi) is 5.75. The average Bonchev–Trinajstić information content (AvgIpc) is 3.30. The minimum absolute atomic E-state index is 0.178. The number of ether oxygens (including phenoxy) is 1. The van der Waals surface area contributed by atoms with E-state index < -0.39 is 12.6 Å². The van der Waals surface area contributed by atoms with Gasteiger partial charge in [-0.3, -0.25) is 4.79 Å². The van der Waals surface area contributed by atoms with Crippen molar-refractivity contribution >= 4 is 34.6 Å². The van der Waals surface area contributed by atoms with E-state index in [1.165, 1.54) is 28.4 Å². The van der Waals surface area contributed by atoms with Crippen LogP contribution in [0.4, 0.5) is 4.39 Å². The Hall–Kier alpha value is -2.58. The Labute approximate surface area is 157 Å². The van der Waals surface area contributed by atoms with Crippen molar-refractivity contribution in [2.45, 2.75) is 6.54 Å². The third kappa shape index (κ3) is 4.53. The molecule has 2 aromatic heterocycles. The molecule has 0 N–H and O–H groups in total. The second kappa shape index (κ2) is 8.20. The molecule has 26 heavy (non-hydrogen) atoms. The molecule has 0 saturated carbocycles. The van der Waals surface area contributed by atoms with Crippen molar-refractivity contribution in [3.8, 4) is 10.6 Å². The number of halogens is 1. The summed E-state index contributed by atoms with van der Waals surface area (Å²) in [5.74, 6) is -1.38. The molecule has 134 valence electrons. The fraction of sp³-hybridized carbons (Fsp3) is 0.167. The summed E-state index contributed by atoms with van der Waals surface area (Å²) in [6, 6.07) is 7.92. The third-order valence-electron chi connectivity index (χ3n) is 3.54. The van der Waals surface area contributed by atoms with Gasteiger partial charge in [0.1, 0.15) is 10.8 Å². The van der Waals surface area contributed by atoms with Crippen molar-refractivity contribution in [1.29, 1.82) is 0 Å². The molecule has 3 rings (SSSR count). The monoisotopic (exact) mass is 390 g/mol. The Morgan fingerprint density at radius 2 is 2.12 bits per heavy atom. The quantitative estimate of drug-likeness (QED) is 0.600. The van der Waals surface area contributed by atoms with Crippen molar-refractivity contribution in [1.82, 2.24) is 9.88 Å². The molecule has 0 bridgehead atoms. The number of esters is 1. The number of carbonyl (C=O) groups is 2. The fourth-order valence-electron chi connectivity index (χ4n) is 2.20. The van der Waals surface area contributed by atoms with E-state index in [4.69, 9.17) is 4.74 Å². The van der Waals surface area contributed by atoms with E-state index >= 15 is 0 Å². The topological polar surface area (TPSA) is 59.5 Å². The van der Waals surface area contributed by atoms with Crippen LogP contribution in [0.15, 0.2) is 46.5 Å². The number of aromatic nitrogens is 1. The molecule has 0 saturated heterocycles. The van der Waals surface area contributed by atoms with Crippen molar-refractivity contribution in [2.75, 3.05) is 13.7 Å². The highest BCUT2D eigenvalue weighted by Crippen LogP contribution is 2.25. The first-order valence-electron chi connectivity index (χ1n) is 7.66. The molecule has 0 spiro atoms. The minimum Gasteiger partial charge on any atom is -0.451 e. The van der Waals surface area contributed by atoms with Crippen LogP contribution >= 0.6 is 22.7 Å². The minimum atomic E-state index is -0.643. The number of hydrogen-bond donors (Lipinski definition) is 0. The summed E-state index contributed by atoms with van der Waals surface area (Å²) in [5, 5.41) is 6.21. The molecule has 3 aromatic rings. The standard InChI is InChI=1S/C18H15FN2O3S2/c1-21(8-12-3-2-4-14(19)7-12)16(22)9-24-18(23)15-11-26-17(20-15)13-5-6-25-10-13/h2-7,10-11H,8-9H2,1H3. The van der Waals surface area contributed by atoms with E-state index in [-0.39, 0.29) is 24.0 Å². The lowest BCUT2D eigenvalue weighted by molar-refractivity contribution is -0.133. The molecule has 0 fully saturated rings. The van der Waals surface area contributed by atoms with Crippen molar-refractivity contribution < 1.29 is 18.7 Å². The Morgan fingerprint density at radius 3 is 2.85 bits per heavy atom. The fourth-order valence-corrected chi connectivity index (χ4v) is 3.70. The van der Waals surface area contributed by atoms with Gasteiger partial charge in [0, 0.05) is 29.9 Å². The Morgan fingerprint density at radius 1 is 1.27 bits per heavy atom. The number of hydrogen-bond acceptors (Lipinski definition) is 6. The molecule has 0 aliphatic heterocycles. The van der Waals surface area contributed by atoms with E-state index in [1.807, 2.05) is 16.8 Å². The molecular formula is C18H15FN2O3S2. The maximum absolute atomic E-state index is 13.2. The van der Waals surface area contributed by atoms with Crippen LogP contribution in [0.25, 0.3) is 10.6 Å². The second-order valence-corrected chi connectivity index (χ2v) is 7.14. The first kappa shape index (κ1) is 18.2. The largest absolute Gasteiger partial charge is 0.451 e. The highest BCUT2D eigenvalue weighted by Gasteiger charge is 2.17. The molecule has 1 amide bonds. The summed E-state index contributed by atoms with van der Waals surface area (Å²) in [6.45, 7) is -0.164. The number of amides is 1. The van der Waals surface area contributed by atoms with Gasteiger partial charge in [0.15, 0.2) is 12.3 Å². The zero-order chi connectivity index (χ0) is 18.5. The summed E-state index contributed by atoms with van der Waals surface area (Å²) < 4.78 is 18.2. The highest BCUT2D eigenvalue weighted by molar-refractivity contribution is 7.14.